The highest BCUT2D eigenvalue weighted by atomic mass is 16.1. The molecule has 0 aliphatic carbocycles. The molecule has 0 aliphatic heterocycles. The molecule has 23 heavy (non-hydrogen) atoms. The number of benzene rings is 2. The van der Waals surface area contributed by atoms with Crippen LogP contribution in [-0.2, 0) is 0 Å². The molecular weight excluding hydrogens is 284 g/mol. The van der Waals surface area contributed by atoms with E-state index in [0.29, 0.717) is 0 Å². The van der Waals surface area contributed by atoms with Gasteiger partial charge in [-0.15, -0.1) is 0 Å². The normalized spacial score (nSPS) is 10.4. The molecular formula is C20H26N2O. The minimum Gasteiger partial charge on any atom is -0.375 e. The van der Waals surface area contributed by atoms with Crippen molar-refractivity contribution in [1.82, 2.24) is 0 Å². The number of ketones is 1. The average molecular weight is 310 g/mol. The van der Waals surface area contributed by atoms with Crippen LogP contribution in [0.25, 0.3) is 0 Å². The first-order valence-corrected chi connectivity index (χ1v) is 8.31. The highest BCUT2D eigenvalue weighted by molar-refractivity contribution is 6.09. The summed E-state index contributed by atoms with van der Waals surface area (Å²) in [6.07, 6.45) is 0. The molecule has 0 bridgehead atoms. The lowest BCUT2D eigenvalue weighted by molar-refractivity contribution is 0.103. The van der Waals surface area contributed by atoms with Gasteiger partial charge in [-0.2, -0.15) is 0 Å². The zero-order valence-corrected chi connectivity index (χ0v) is 14.5. The Labute approximate surface area is 139 Å². The molecule has 3 nitrogen and oxygen atoms in total. The van der Waals surface area contributed by atoms with E-state index in [9.17, 15) is 4.79 Å². The highest BCUT2D eigenvalue weighted by Gasteiger charge is 2.10. The SMILES string of the molecule is CCN(C)c1ccc(C(=O)c2ccc(N(CC)CC)cc2)cc1. The quantitative estimate of drug-likeness (QED) is 0.715. The highest BCUT2D eigenvalue weighted by Crippen LogP contribution is 2.19. The second-order valence-electron chi connectivity index (χ2n) is 5.61. The number of hydrogen-bond donors (Lipinski definition) is 0. The van der Waals surface area contributed by atoms with Gasteiger partial charge in [0.05, 0.1) is 0 Å². The molecule has 0 saturated heterocycles. The lowest BCUT2D eigenvalue weighted by Crippen LogP contribution is -2.21. The molecule has 2 aromatic rings. The minimum atomic E-state index is 0.0711. The first-order valence-electron chi connectivity index (χ1n) is 8.31. The Balaban J connectivity index is 2.17. The van der Waals surface area contributed by atoms with Gasteiger partial charge in [0.2, 0.25) is 0 Å². The average Bonchev–Trinajstić information content (AvgIpc) is 2.62. The van der Waals surface area contributed by atoms with Crippen molar-refractivity contribution in [2.75, 3.05) is 36.5 Å². The first kappa shape index (κ1) is 17.1. The van der Waals surface area contributed by atoms with Crippen LogP contribution in [0.1, 0.15) is 36.7 Å². The van der Waals surface area contributed by atoms with E-state index in [1.54, 1.807) is 0 Å². The summed E-state index contributed by atoms with van der Waals surface area (Å²) < 4.78 is 0. The van der Waals surface area contributed by atoms with Crippen LogP contribution in [0.3, 0.4) is 0 Å². The van der Waals surface area contributed by atoms with Crippen LogP contribution < -0.4 is 9.80 Å². The molecule has 0 atom stereocenters. The maximum absolute atomic E-state index is 12.6. The van der Waals surface area contributed by atoms with Gasteiger partial charge in [0.25, 0.3) is 0 Å². The van der Waals surface area contributed by atoms with E-state index in [4.69, 9.17) is 0 Å². The van der Waals surface area contributed by atoms with Crippen molar-refractivity contribution in [2.45, 2.75) is 20.8 Å². The van der Waals surface area contributed by atoms with Gasteiger partial charge in [0.15, 0.2) is 5.78 Å². The van der Waals surface area contributed by atoms with Crippen LogP contribution in [0.4, 0.5) is 11.4 Å². The zero-order valence-electron chi connectivity index (χ0n) is 14.5. The summed E-state index contributed by atoms with van der Waals surface area (Å²) in [5.41, 5.74) is 3.75. The maximum atomic E-state index is 12.6. The Bertz CT molecular complexity index is 628. The van der Waals surface area contributed by atoms with E-state index in [0.717, 1.165) is 42.1 Å². The van der Waals surface area contributed by atoms with Crippen molar-refractivity contribution < 1.29 is 4.79 Å². The van der Waals surface area contributed by atoms with Gasteiger partial charge in [-0.05, 0) is 69.3 Å². The number of nitrogens with zero attached hydrogens (tertiary/aromatic N) is 2. The molecule has 2 aromatic carbocycles. The molecule has 0 amide bonds. The Hall–Kier alpha value is -2.29. The van der Waals surface area contributed by atoms with Crippen molar-refractivity contribution >= 4 is 17.2 Å². The fourth-order valence-electron chi connectivity index (χ4n) is 2.63. The number of hydrogen-bond acceptors (Lipinski definition) is 3. The third kappa shape index (κ3) is 3.92. The van der Waals surface area contributed by atoms with E-state index >= 15 is 0 Å². The van der Waals surface area contributed by atoms with Crippen molar-refractivity contribution in [3.8, 4) is 0 Å². The van der Waals surface area contributed by atoms with Crippen LogP contribution in [0.5, 0.6) is 0 Å². The van der Waals surface area contributed by atoms with Crippen molar-refractivity contribution in [3.63, 3.8) is 0 Å². The second-order valence-corrected chi connectivity index (χ2v) is 5.61. The maximum Gasteiger partial charge on any atom is 0.193 e. The number of rotatable bonds is 7. The monoisotopic (exact) mass is 310 g/mol. The predicted molar refractivity (Wildman–Crippen MR) is 98.8 cm³/mol. The van der Waals surface area contributed by atoms with Crippen molar-refractivity contribution in [2.24, 2.45) is 0 Å². The number of carbonyl (C=O) groups is 1. The van der Waals surface area contributed by atoms with Crippen LogP contribution in [0, 0.1) is 0 Å². The lowest BCUT2D eigenvalue weighted by Gasteiger charge is -2.21. The summed E-state index contributed by atoms with van der Waals surface area (Å²) in [6.45, 7) is 9.26. The third-order valence-corrected chi connectivity index (χ3v) is 4.30. The minimum absolute atomic E-state index is 0.0711. The van der Waals surface area contributed by atoms with Gasteiger partial charge in [0.1, 0.15) is 0 Å². The topological polar surface area (TPSA) is 23.6 Å². The molecule has 3 heteroatoms. The Morgan fingerprint density at radius 3 is 1.57 bits per heavy atom. The van der Waals surface area contributed by atoms with E-state index in [-0.39, 0.29) is 5.78 Å². The van der Waals surface area contributed by atoms with E-state index in [1.165, 1.54) is 0 Å². The van der Waals surface area contributed by atoms with E-state index in [1.807, 2.05) is 55.6 Å². The molecule has 0 saturated carbocycles. The van der Waals surface area contributed by atoms with E-state index < -0.39 is 0 Å². The molecule has 0 heterocycles. The zero-order chi connectivity index (χ0) is 16.8. The Kier molecular flexibility index (Phi) is 5.80. The summed E-state index contributed by atoms with van der Waals surface area (Å²) in [5, 5.41) is 0. The smallest absolute Gasteiger partial charge is 0.193 e. The summed E-state index contributed by atoms with van der Waals surface area (Å²) in [4.78, 5) is 17.0. The van der Waals surface area contributed by atoms with Crippen molar-refractivity contribution in [1.29, 1.82) is 0 Å². The second kappa shape index (κ2) is 7.82. The van der Waals surface area contributed by atoms with Crippen LogP contribution >= 0.6 is 0 Å². The molecule has 0 N–H and O–H groups in total. The van der Waals surface area contributed by atoms with Crippen molar-refractivity contribution in [3.05, 3.63) is 59.7 Å². The largest absolute Gasteiger partial charge is 0.375 e. The standard InChI is InChI=1S/C20H26N2O/c1-5-21(4)18-12-8-16(9-13-18)20(23)17-10-14-19(15-11-17)22(6-2)7-3/h8-15H,5-7H2,1-4H3. The molecule has 0 fully saturated rings. The molecule has 0 spiro atoms. The molecule has 0 unspecified atom stereocenters. The fraction of sp³-hybridized carbons (Fsp3) is 0.350. The van der Waals surface area contributed by atoms with Gasteiger partial charge in [-0.25, -0.2) is 0 Å². The van der Waals surface area contributed by atoms with E-state index in [2.05, 4.69) is 30.6 Å². The molecule has 122 valence electrons. The molecule has 0 aromatic heterocycles. The number of anilines is 2. The van der Waals surface area contributed by atoms with Crippen LogP contribution in [-0.4, -0.2) is 32.5 Å². The van der Waals surface area contributed by atoms with Crippen LogP contribution in [0.2, 0.25) is 0 Å². The Morgan fingerprint density at radius 1 is 0.739 bits per heavy atom. The van der Waals surface area contributed by atoms with Gasteiger partial charge in [-0.1, -0.05) is 0 Å². The summed E-state index contributed by atoms with van der Waals surface area (Å²) >= 11 is 0. The number of carbonyl (C=O) groups excluding carboxylic acids is 1. The summed E-state index contributed by atoms with van der Waals surface area (Å²) in [7, 11) is 2.04. The fourth-order valence-corrected chi connectivity index (χ4v) is 2.63. The Morgan fingerprint density at radius 2 is 1.17 bits per heavy atom. The summed E-state index contributed by atoms with van der Waals surface area (Å²) in [5.74, 6) is 0.0711. The molecule has 0 radical (unpaired) electrons. The molecule has 0 aliphatic rings. The third-order valence-electron chi connectivity index (χ3n) is 4.30. The lowest BCUT2D eigenvalue weighted by atomic mass is 10.0. The van der Waals surface area contributed by atoms with Gasteiger partial charge < -0.3 is 9.80 Å². The summed E-state index contributed by atoms with van der Waals surface area (Å²) in [6, 6.07) is 15.7. The molecule has 2 rings (SSSR count). The predicted octanol–water partition coefficient (Wildman–Crippen LogP) is 4.22. The van der Waals surface area contributed by atoms with Gasteiger partial charge in [0, 0.05) is 49.2 Å². The van der Waals surface area contributed by atoms with Gasteiger partial charge >= 0.3 is 0 Å². The van der Waals surface area contributed by atoms with Gasteiger partial charge in [-0.3, -0.25) is 4.79 Å². The van der Waals surface area contributed by atoms with Crippen LogP contribution in [0.15, 0.2) is 48.5 Å². The first-order chi connectivity index (χ1) is 11.1.